The maximum atomic E-state index is 13.1. The first-order valence-electron chi connectivity index (χ1n) is 8.44. The van der Waals surface area contributed by atoms with E-state index in [9.17, 15) is 4.79 Å². The molecule has 0 bridgehead atoms. The van der Waals surface area contributed by atoms with Gasteiger partial charge >= 0.3 is 0 Å². The van der Waals surface area contributed by atoms with E-state index in [-0.39, 0.29) is 5.91 Å². The molecule has 1 amide bonds. The van der Waals surface area contributed by atoms with E-state index in [1.807, 2.05) is 41.3 Å². The van der Waals surface area contributed by atoms with E-state index < -0.39 is 0 Å². The number of carbonyl (C=O) groups excluding carboxylic acids is 1. The third-order valence-electron chi connectivity index (χ3n) is 4.37. The summed E-state index contributed by atoms with van der Waals surface area (Å²) in [6.45, 7) is 2.55. The average molecular weight is 349 g/mol. The molecule has 1 aliphatic rings. The van der Waals surface area contributed by atoms with Crippen LogP contribution >= 0.6 is 11.3 Å². The van der Waals surface area contributed by atoms with Crippen LogP contribution in [0.3, 0.4) is 0 Å². The largest absolute Gasteiger partial charge is 0.378 e. The third-order valence-corrected chi connectivity index (χ3v) is 5.54. The summed E-state index contributed by atoms with van der Waals surface area (Å²) in [5, 5.41) is 0. The van der Waals surface area contributed by atoms with Crippen molar-refractivity contribution in [2.45, 2.75) is 0 Å². The van der Waals surface area contributed by atoms with E-state index in [0.29, 0.717) is 26.3 Å². The van der Waals surface area contributed by atoms with Gasteiger partial charge in [-0.2, -0.15) is 0 Å². The van der Waals surface area contributed by atoms with Crippen LogP contribution in [-0.2, 0) is 4.74 Å². The maximum Gasteiger partial charge on any atom is 0.264 e. The highest BCUT2D eigenvalue weighted by Crippen LogP contribution is 2.38. The van der Waals surface area contributed by atoms with Crippen LogP contribution in [0, 0.1) is 0 Å². The lowest BCUT2D eigenvalue weighted by Gasteiger charge is -2.26. The van der Waals surface area contributed by atoms with Gasteiger partial charge in [-0.3, -0.25) is 4.79 Å². The molecule has 4 rings (SSSR count). The fraction of sp³-hybridized carbons (Fsp3) is 0.190. The quantitative estimate of drug-likeness (QED) is 0.694. The molecule has 3 nitrogen and oxygen atoms in total. The van der Waals surface area contributed by atoms with Gasteiger partial charge in [0.05, 0.1) is 13.2 Å². The molecule has 4 heteroatoms. The van der Waals surface area contributed by atoms with E-state index in [2.05, 4.69) is 30.3 Å². The van der Waals surface area contributed by atoms with Gasteiger partial charge in [0.15, 0.2) is 0 Å². The average Bonchev–Trinajstić information content (AvgIpc) is 3.15. The van der Waals surface area contributed by atoms with Crippen molar-refractivity contribution in [3.8, 4) is 21.6 Å². The number of benzene rings is 2. The Labute approximate surface area is 151 Å². The first-order valence-corrected chi connectivity index (χ1v) is 9.26. The summed E-state index contributed by atoms with van der Waals surface area (Å²) in [4.78, 5) is 17.0. The van der Waals surface area contributed by atoms with Crippen molar-refractivity contribution in [2.24, 2.45) is 0 Å². The van der Waals surface area contributed by atoms with Crippen LogP contribution < -0.4 is 0 Å². The fourth-order valence-corrected chi connectivity index (χ4v) is 4.19. The molecule has 1 aliphatic heterocycles. The molecule has 0 saturated carbocycles. The highest BCUT2D eigenvalue weighted by molar-refractivity contribution is 7.18. The van der Waals surface area contributed by atoms with Crippen LogP contribution in [0.2, 0.25) is 0 Å². The molecule has 1 fully saturated rings. The number of rotatable bonds is 3. The normalized spacial score (nSPS) is 14.5. The number of hydrogen-bond acceptors (Lipinski definition) is 3. The lowest BCUT2D eigenvalue weighted by atomic mass is 10.0. The number of morpholine rings is 1. The van der Waals surface area contributed by atoms with Crippen molar-refractivity contribution < 1.29 is 9.53 Å². The van der Waals surface area contributed by atoms with Crippen LogP contribution in [0.5, 0.6) is 0 Å². The zero-order chi connectivity index (χ0) is 17.1. The molecule has 3 aromatic rings. The molecule has 25 heavy (non-hydrogen) atoms. The van der Waals surface area contributed by atoms with Crippen molar-refractivity contribution >= 4 is 17.2 Å². The maximum absolute atomic E-state index is 13.1. The molecule has 2 heterocycles. The summed E-state index contributed by atoms with van der Waals surface area (Å²) in [5.41, 5.74) is 3.24. The minimum Gasteiger partial charge on any atom is -0.378 e. The molecular formula is C21H19NO2S. The van der Waals surface area contributed by atoms with Crippen molar-refractivity contribution in [1.29, 1.82) is 0 Å². The smallest absolute Gasteiger partial charge is 0.264 e. The molecule has 0 spiro atoms. The van der Waals surface area contributed by atoms with E-state index in [1.54, 1.807) is 11.3 Å². The fourth-order valence-electron chi connectivity index (χ4n) is 3.04. The van der Waals surface area contributed by atoms with Crippen LogP contribution in [0.25, 0.3) is 21.6 Å². The van der Waals surface area contributed by atoms with E-state index >= 15 is 0 Å². The number of carbonyl (C=O) groups is 1. The van der Waals surface area contributed by atoms with Gasteiger partial charge < -0.3 is 9.64 Å². The molecule has 1 saturated heterocycles. The molecule has 0 radical (unpaired) electrons. The molecule has 0 unspecified atom stereocenters. The molecule has 0 aliphatic carbocycles. The monoisotopic (exact) mass is 349 g/mol. The Morgan fingerprint density at radius 3 is 2.12 bits per heavy atom. The highest BCUT2D eigenvalue weighted by Gasteiger charge is 2.24. The number of ether oxygens (including phenoxy) is 1. The molecule has 126 valence electrons. The summed E-state index contributed by atoms with van der Waals surface area (Å²) >= 11 is 1.58. The third kappa shape index (κ3) is 3.36. The van der Waals surface area contributed by atoms with Crippen molar-refractivity contribution in [1.82, 2.24) is 4.90 Å². The number of hydrogen-bond donors (Lipinski definition) is 0. The van der Waals surface area contributed by atoms with Crippen molar-refractivity contribution in [2.75, 3.05) is 26.3 Å². The summed E-state index contributed by atoms with van der Waals surface area (Å²) < 4.78 is 5.38. The Morgan fingerprint density at radius 2 is 1.48 bits per heavy atom. The summed E-state index contributed by atoms with van der Waals surface area (Å²) in [5.74, 6) is 0.106. The zero-order valence-corrected chi connectivity index (χ0v) is 14.7. The van der Waals surface area contributed by atoms with Gasteiger partial charge in [-0.25, -0.2) is 0 Å². The number of thiophene rings is 1. The Hall–Kier alpha value is -2.43. The molecule has 0 atom stereocenters. The Kier molecular flexibility index (Phi) is 4.63. The van der Waals surface area contributed by atoms with Crippen LogP contribution in [0.4, 0.5) is 0 Å². The van der Waals surface area contributed by atoms with Gasteiger partial charge in [0.1, 0.15) is 4.88 Å². The lowest BCUT2D eigenvalue weighted by Crippen LogP contribution is -2.40. The minimum absolute atomic E-state index is 0.106. The van der Waals surface area contributed by atoms with Gasteiger partial charge in [-0.05, 0) is 17.2 Å². The number of amides is 1. The Bertz CT molecular complexity index is 852. The Morgan fingerprint density at radius 1 is 0.880 bits per heavy atom. The molecule has 2 aromatic carbocycles. The van der Waals surface area contributed by atoms with Gasteiger partial charge in [-0.15, -0.1) is 11.3 Å². The summed E-state index contributed by atoms with van der Waals surface area (Å²) in [6.07, 6.45) is 0. The SMILES string of the molecule is O=C(c1sc(-c2ccccc2)cc1-c1ccccc1)N1CCOCC1. The second kappa shape index (κ2) is 7.21. The van der Waals surface area contributed by atoms with Crippen LogP contribution in [-0.4, -0.2) is 37.1 Å². The number of nitrogens with zero attached hydrogens (tertiary/aromatic N) is 1. The predicted molar refractivity (Wildman–Crippen MR) is 102 cm³/mol. The van der Waals surface area contributed by atoms with Gasteiger partial charge in [-0.1, -0.05) is 60.7 Å². The first-order chi connectivity index (χ1) is 12.3. The van der Waals surface area contributed by atoms with E-state index in [1.165, 1.54) is 0 Å². The van der Waals surface area contributed by atoms with E-state index in [0.717, 1.165) is 26.4 Å². The van der Waals surface area contributed by atoms with E-state index in [4.69, 9.17) is 4.74 Å². The van der Waals surface area contributed by atoms with Gasteiger partial charge in [0, 0.05) is 23.5 Å². The molecule has 0 N–H and O–H groups in total. The topological polar surface area (TPSA) is 29.5 Å². The van der Waals surface area contributed by atoms with Crippen LogP contribution in [0.1, 0.15) is 9.67 Å². The summed E-state index contributed by atoms with van der Waals surface area (Å²) in [6, 6.07) is 22.5. The van der Waals surface area contributed by atoms with Gasteiger partial charge in [0.25, 0.3) is 5.91 Å². The second-order valence-corrected chi connectivity index (χ2v) is 7.04. The first kappa shape index (κ1) is 16.1. The second-order valence-electron chi connectivity index (χ2n) is 5.99. The molecular weight excluding hydrogens is 330 g/mol. The standard InChI is InChI=1S/C21H19NO2S/c23-21(22-11-13-24-14-12-22)20-18(16-7-3-1-4-8-16)15-19(25-20)17-9-5-2-6-10-17/h1-10,15H,11-14H2. The minimum atomic E-state index is 0.106. The zero-order valence-electron chi connectivity index (χ0n) is 13.9. The molecule has 1 aromatic heterocycles. The van der Waals surface area contributed by atoms with Crippen molar-refractivity contribution in [3.63, 3.8) is 0 Å². The van der Waals surface area contributed by atoms with Crippen molar-refractivity contribution in [3.05, 3.63) is 71.6 Å². The Balaban J connectivity index is 1.78. The van der Waals surface area contributed by atoms with Gasteiger partial charge in [0.2, 0.25) is 0 Å². The van der Waals surface area contributed by atoms with Crippen LogP contribution in [0.15, 0.2) is 66.7 Å². The lowest BCUT2D eigenvalue weighted by molar-refractivity contribution is 0.0306. The predicted octanol–water partition coefficient (Wildman–Crippen LogP) is 4.55. The highest BCUT2D eigenvalue weighted by atomic mass is 32.1. The summed E-state index contributed by atoms with van der Waals surface area (Å²) in [7, 11) is 0.